The van der Waals surface area contributed by atoms with Crippen molar-refractivity contribution in [2.45, 2.75) is 33.4 Å². The molecule has 1 unspecified atom stereocenters. The highest BCUT2D eigenvalue weighted by Crippen LogP contribution is 2.22. The summed E-state index contributed by atoms with van der Waals surface area (Å²) in [6.45, 7) is 6.68. The van der Waals surface area contributed by atoms with Gasteiger partial charge >= 0.3 is 0 Å². The third kappa shape index (κ3) is 3.55. The van der Waals surface area contributed by atoms with Crippen molar-refractivity contribution in [2.75, 3.05) is 0 Å². The Balaban J connectivity index is 0.00000162. The Morgan fingerprint density at radius 1 is 1.28 bits per heavy atom. The Morgan fingerprint density at radius 2 is 2.00 bits per heavy atom. The van der Waals surface area contributed by atoms with Gasteiger partial charge in [-0.15, -0.1) is 12.4 Å². The van der Waals surface area contributed by atoms with Crippen molar-refractivity contribution >= 4 is 24.0 Å². The Bertz CT molecular complexity index is 505. The Morgan fingerprint density at radius 3 is 2.50 bits per heavy atom. The zero-order valence-electron chi connectivity index (χ0n) is 10.6. The first-order valence-corrected chi connectivity index (χ1v) is 5.98. The molecule has 0 aliphatic carbocycles. The molecule has 2 rings (SSSR count). The summed E-state index contributed by atoms with van der Waals surface area (Å²) in [4.78, 5) is 0. The third-order valence-corrected chi connectivity index (χ3v) is 2.96. The van der Waals surface area contributed by atoms with E-state index in [0.717, 1.165) is 17.3 Å². The Hall–Kier alpha value is -0.900. The second-order valence-electron chi connectivity index (χ2n) is 4.18. The maximum Gasteiger partial charge on any atom is 0.193 e. The minimum Gasteiger partial charge on any atom is -0.466 e. The first-order valence-electron chi connectivity index (χ1n) is 5.61. The van der Waals surface area contributed by atoms with Gasteiger partial charge in [-0.05, 0) is 50.6 Å². The van der Waals surface area contributed by atoms with E-state index in [1.807, 2.05) is 19.9 Å². The van der Waals surface area contributed by atoms with Crippen molar-refractivity contribution < 1.29 is 8.83 Å². The quantitative estimate of drug-likeness (QED) is 0.906. The van der Waals surface area contributed by atoms with Crippen LogP contribution in [0.4, 0.5) is 0 Å². The molecule has 5 heteroatoms. The molecule has 1 N–H and O–H groups in total. The molecule has 0 saturated carbocycles. The Kier molecular flexibility index (Phi) is 5.32. The van der Waals surface area contributed by atoms with Crippen LogP contribution in [-0.4, -0.2) is 0 Å². The summed E-state index contributed by atoms with van der Waals surface area (Å²) < 4.78 is 10.8. The lowest BCUT2D eigenvalue weighted by Crippen LogP contribution is -2.17. The molecule has 1 atom stereocenters. The zero-order chi connectivity index (χ0) is 12.4. The fourth-order valence-corrected chi connectivity index (χ4v) is 2.05. The van der Waals surface area contributed by atoms with Gasteiger partial charge in [0.05, 0.1) is 6.54 Å². The summed E-state index contributed by atoms with van der Waals surface area (Å²) in [7, 11) is 0. The molecule has 2 aromatic heterocycles. The summed E-state index contributed by atoms with van der Waals surface area (Å²) >= 11 is 5.71. The van der Waals surface area contributed by atoms with Gasteiger partial charge in [0, 0.05) is 11.6 Å². The minimum absolute atomic E-state index is 0. The summed E-state index contributed by atoms with van der Waals surface area (Å²) in [6.07, 6.45) is 0. The average molecular weight is 290 g/mol. The summed E-state index contributed by atoms with van der Waals surface area (Å²) in [6, 6.07) is 5.89. The van der Waals surface area contributed by atoms with Crippen LogP contribution in [0.25, 0.3) is 0 Å². The predicted molar refractivity (Wildman–Crippen MR) is 74.4 cm³/mol. The van der Waals surface area contributed by atoms with E-state index in [4.69, 9.17) is 20.4 Å². The molecule has 0 aromatic carbocycles. The lowest BCUT2D eigenvalue weighted by molar-refractivity contribution is 0.454. The van der Waals surface area contributed by atoms with E-state index < -0.39 is 0 Å². The number of nitrogens with one attached hydrogen (secondary N) is 1. The molecule has 0 fully saturated rings. The second kappa shape index (κ2) is 6.32. The Labute approximate surface area is 118 Å². The van der Waals surface area contributed by atoms with Crippen LogP contribution in [0.2, 0.25) is 5.22 Å². The molecule has 0 aliphatic heterocycles. The van der Waals surface area contributed by atoms with E-state index in [1.54, 1.807) is 6.07 Å². The molecule has 2 heterocycles. The fourth-order valence-electron chi connectivity index (χ4n) is 1.89. The minimum atomic E-state index is 0. The highest BCUT2D eigenvalue weighted by molar-refractivity contribution is 6.28. The summed E-state index contributed by atoms with van der Waals surface area (Å²) in [5, 5.41) is 3.79. The van der Waals surface area contributed by atoms with Crippen molar-refractivity contribution in [2.24, 2.45) is 0 Å². The molecule has 18 heavy (non-hydrogen) atoms. The van der Waals surface area contributed by atoms with Crippen molar-refractivity contribution in [3.05, 3.63) is 46.3 Å². The van der Waals surface area contributed by atoms with Crippen LogP contribution >= 0.6 is 24.0 Å². The van der Waals surface area contributed by atoms with E-state index in [0.29, 0.717) is 11.8 Å². The summed E-state index contributed by atoms with van der Waals surface area (Å²) in [5.74, 6) is 2.73. The van der Waals surface area contributed by atoms with Gasteiger partial charge in [0.15, 0.2) is 5.22 Å². The lowest BCUT2D eigenvalue weighted by atomic mass is 10.1. The molecule has 2 aromatic rings. The van der Waals surface area contributed by atoms with Crippen LogP contribution in [0.1, 0.15) is 35.8 Å². The maximum absolute atomic E-state index is 5.71. The molecule has 0 bridgehead atoms. The lowest BCUT2D eigenvalue weighted by Gasteiger charge is -2.11. The van der Waals surface area contributed by atoms with Gasteiger partial charge in [0.2, 0.25) is 0 Å². The number of furan rings is 2. The topological polar surface area (TPSA) is 38.3 Å². The molecule has 0 spiro atoms. The highest BCUT2D eigenvalue weighted by atomic mass is 35.5. The molecular weight excluding hydrogens is 273 g/mol. The maximum atomic E-state index is 5.71. The van der Waals surface area contributed by atoms with E-state index in [1.165, 1.54) is 5.56 Å². The van der Waals surface area contributed by atoms with Gasteiger partial charge in [0.1, 0.15) is 17.3 Å². The normalized spacial score (nSPS) is 12.2. The second-order valence-corrected chi connectivity index (χ2v) is 4.55. The molecular formula is C13H17Cl2NO2. The molecule has 100 valence electrons. The van der Waals surface area contributed by atoms with Crippen LogP contribution in [0, 0.1) is 13.8 Å². The van der Waals surface area contributed by atoms with E-state index in [9.17, 15) is 0 Å². The van der Waals surface area contributed by atoms with Crippen LogP contribution in [0.3, 0.4) is 0 Å². The van der Waals surface area contributed by atoms with Gasteiger partial charge in [-0.2, -0.15) is 0 Å². The standard InChI is InChI=1S/C13H16ClNO2.ClH/c1-8-6-12(10(3)16-8)9(2)15-7-11-4-5-13(14)17-11;/h4-6,9,15H,7H2,1-3H3;1H. The third-order valence-electron chi connectivity index (χ3n) is 2.76. The monoisotopic (exact) mass is 289 g/mol. The van der Waals surface area contributed by atoms with Crippen molar-refractivity contribution in [1.29, 1.82) is 0 Å². The van der Waals surface area contributed by atoms with E-state index in [-0.39, 0.29) is 18.4 Å². The number of hydrogen-bond donors (Lipinski definition) is 1. The molecule has 0 radical (unpaired) electrons. The van der Waals surface area contributed by atoms with Gasteiger partial charge < -0.3 is 14.2 Å². The average Bonchev–Trinajstić information content (AvgIpc) is 2.81. The van der Waals surface area contributed by atoms with E-state index in [2.05, 4.69) is 18.3 Å². The first-order chi connectivity index (χ1) is 8.06. The van der Waals surface area contributed by atoms with Gasteiger partial charge in [-0.1, -0.05) is 0 Å². The van der Waals surface area contributed by atoms with Crippen molar-refractivity contribution in [3.63, 3.8) is 0 Å². The summed E-state index contributed by atoms with van der Waals surface area (Å²) in [5.41, 5.74) is 1.18. The number of halogens is 2. The molecule has 0 amide bonds. The van der Waals surface area contributed by atoms with Gasteiger partial charge in [-0.3, -0.25) is 0 Å². The SMILES string of the molecule is Cc1cc(C(C)NCc2ccc(Cl)o2)c(C)o1.Cl. The predicted octanol–water partition coefficient (Wildman–Crippen LogP) is 4.42. The van der Waals surface area contributed by atoms with Gasteiger partial charge in [-0.25, -0.2) is 0 Å². The fraction of sp³-hybridized carbons (Fsp3) is 0.385. The highest BCUT2D eigenvalue weighted by Gasteiger charge is 2.12. The molecule has 0 saturated heterocycles. The van der Waals surface area contributed by atoms with Gasteiger partial charge in [0.25, 0.3) is 0 Å². The van der Waals surface area contributed by atoms with Crippen molar-refractivity contribution in [1.82, 2.24) is 5.32 Å². The van der Waals surface area contributed by atoms with E-state index >= 15 is 0 Å². The van der Waals surface area contributed by atoms with Crippen LogP contribution in [0.15, 0.2) is 27.0 Å². The van der Waals surface area contributed by atoms with Crippen LogP contribution in [0.5, 0.6) is 0 Å². The zero-order valence-corrected chi connectivity index (χ0v) is 12.2. The number of aryl methyl sites for hydroxylation is 2. The van der Waals surface area contributed by atoms with Crippen molar-refractivity contribution in [3.8, 4) is 0 Å². The smallest absolute Gasteiger partial charge is 0.193 e. The van der Waals surface area contributed by atoms with Crippen LogP contribution < -0.4 is 5.32 Å². The first kappa shape index (κ1) is 15.2. The largest absolute Gasteiger partial charge is 0.466 e. The van der Waals surface area contributed by atoms with Crippen LogP contribution in [-0.2, 0) is 6.54 Å². The number of hydrogen-bond acceptors (Lipinski definition) is 3. The molecule has 0 aliphatic rings. The molecule has 3 nitrogen and oxygen atoms in total. The number of rotatable bonds is 4.